The Balaban J connectivity index is 3.73. The Morgan fingerprint density at radius 3 is 2.36 bits per heavy atom. The number of amides is 2. The fourth-order valence-corrected chi connectivity index (χ4v) is 0.643. The second-order valence-corrected chi connectivity index (χ2v) is 2.29. The highest BCUT2D eigenvalue weighted by atomic mass is 16.2. The van der Waals surface area contributed by atoms with Crippen molar-refractivity contribution in [1.29, 1.82) is 0 Å². The largest absolute Gasteiger partial charge is 0.273 e. The quantitative estimate of drug-likeness (QED) is 0.542. The molecule has 0 aromatic carbocycles. The Hall–Kier alpha value is -1.06. The minimum absolute atomic E-state index is 0.122. The highest BCUT2D eigenvalue weighted by Crippen LogP contribution is 1.91. The number of rotatable bonds is 2. The van der Waals surface area contributed by atoms with Crippen LogP contribution < -0.4 is 5.43 Å². The standard InChI is InChI=1S/C7H13N2O2/c1-4-5-7(11)9(3)8-6(2)10/h4-5H2,1-3H3. The predicted molar refractivity (Wildman–Crippen MR) is 40.5 cm³/mol. The Bertz CT molecular complexity index is 157. The Kier molecular flexibility index (Phi) is 4.26. The molecule has 0 aromatic heterocycles. The Morgan fingerprint density at radius 1 is 1.45 bits per heavy atom. The summed E-state index contributed by atoms with van der Waals surface area (Å²) in [5, 5.41) is 1.09. The molecule has 0 spiro atoms. The van der Waals surface area contributed by atoms with Crippen LogP contribution in [0.3, 0.4) is 0 Å². The van der Waals surface area contributed by atoms with Gasteiger partial charge in [-0.3, -0.25) is 9.59 Å². The van der Waals surface area contributed by atoms with Gasteiger partial charge in [0.15, 0.2) is 0 Å². The first-order valence-corrected chi connectivity index (χ1v) is 3.56. The maximum absolute atomic E-state index is 11.0. The van der Waals surface area contributed by atoms with Crippen LogP contribution in [0.4, 0.5) is 0 Å². The van der Waals surface area contributed by atoms with E-state index in [1.165, 1.54) is 14.0 Å². The van der Waals surface area contributed by atoms with Crippen LogP contribution in [0, 0.1) is 0 Å². The van der Waals surface area contributed by atoms with E-state index in [0.717, 1.165) is 11.4 Å². The SMILES string of the molecule is CCCC(=O)N(C)[N]C(C)=O. The van der Waals surface area contributed by atoms with Crippen molar-refractivity contribution in [2.45, 2.75) is 26.7 Å². The van der Waals surface area contributed by atoms with Gasteiger partial charge in [0, 0.05) is 20.4 Å². The number of carbonyl (C=O) groups is 2. The highest BCUT2D eigenvalue weighted by molar-refractivity contribution is 5.80. The van der Waals surface area contributed by atoms with Crippen LogP contribution >= 0.6 is 0 Å². The fraction of sp³-hybridized carbons (Fsp3) is 0.714. The summed E-state index contributed by atoms with van der Waals surface area (Å²) in [6.07, 6.45) is 1.21. The monoisotopic (exact) mass is 157 g/mol. The predicted octanol–water partition coefficient (Wildman–Crippen LogP) is 0.311. The van der Waals surface area contributed by atoms with E-state index in [4.69, 9.17) is 0 Å². The maximum atomic E-state index is 11.0. The first-order valence-electron chi connectivity index (χ1n) is 3.56. The van der Waals surface area contributed by atoms with Crippen LogP contribution in [0.1, 0.15) is 26.7 Å². The summed E-state index contributed by atoms with van der Waals surface area (Å²) in [6.45, 7) is 3.22. The summed E-state index contributed by atoms with van der Waals surface area (Å²) in [5.74, 6) is -0.473. The van der Waals surface area contributed by atoms with E-state index in [9.17, 15) is 9.59 Å². The molecule has 0 bridgehead atoms. The third-order valence-corrected chi connectivity index (χ3v) is 1.12. The van der Waals surface area contributed by atoms with Crippen molar-refractivity contribution in [3.63, 3.8) is 0 Å². The van der Waals surface area contributed by atoms with Crippen LogP contribution in [-0.2, 0) is 9.59 Å². The van der Waals surface area contributed by atoms with Gasteiger partial charge in [-0.05, 0) is 6.42 Å². The fourth-order valence-electron chi connectivity index (χ4n) is 0.643. The van der Waals surface area contributed by atoms with Crippen LogP contribution in [0.25, 0.3) is 0 Å². The van der Waals surface area contributed by atoms with E-state index < -0.39 is 0 Å². The van der Waals surface area contributed by atoms with E-state index in [0.29, 0.717) is 6.42 Å². The average molecular weight is 157 g/mol. The molecule has 63 valence electrons. The van der Waals surface area contributed by atoms with Crippen molar-refractivity contribution < 1.29 is 9.59 Å². The van der Waals surface area contributed by atoms with Gasteiger partial charge in [-0.2, -0.15) is 0 Å². The van der Waals surface area contributed by atoms with Crippen molar-refractivity contribution in [3.05, 3.63) is 0 Å². The molecule has 0 heterocycles. The third kappa shape index (κ3) is 4.36. The topological polar surface area (TPSA) is 51.5 Å². The molecule has 0 aliphatic rings. The van der Waals surface area contributed by atoms with Gasteiger partial charge in [-0.25, -0.2) is 5.01 Å². The first-order chi connectivity index (χ1) is 5.07. The molecule has 0 saturated carbocycles. The van der Waals surface area contributed by atoms with Crippen molar-refractivity contribution in [2.24, 2.45) is 0 Å². The average Bonchev–Trinajstić information content (AvgIpc) is 1.86. The van der Waals surface area contributed by atoms with Gasteiger partial charge in [0.1, 0.15) is 0 Å². The smallest absolute Gasteiger partial charge is 0.259 e. The zero-order valence-corrected chi connectivity index (χ0v) is 7.13. The lowest BCUT2D eigenvalue weighted by Gasteiger charge is -2.12. The molecule has 2 amide bonds. The summed E-state index contributed by atoms with van der Waals surface area (Å²) in [6, 6.07) is 0. The van der Waals surface area contributed by atoms with Gasteiger partial charge >= 0.3 is 0 Å². The van der Waals surface area contributed by atoms with E-state index >= 15 is 0 Å². The van der Waals surface area contributed by atoms with Crippen molar-refractivity contribution in [3.8, 4) is 0 Å². The summed E-state index contributed by atoms with van der Waals surface area (Å²) in [7, 11) is 1.49. The maximum Gasteiger partial charge on any atom is 0.259 e. The van der Waals surface area contributed by atoms with E-state index in [1.54, 1.807) is 0 Å². The first kappa shape index (κ1) is 9.94. The molecule has 0 N–H and O–H groups in total. The zero-order chi connectivity index (χ0) is 8.85. The van der Waals surface area contributed by atoms with Gasteiger partial charge in [-0.1, -0.05) is 6.92 Å². The normalized spacial score (nSPS) is 9.00. The molecular formula is C7H13N2O2. The van der Waals surface area contributed by atoms with E-state index in [2.05, 4.69) is 5.43 Å². The molecule has 0 aliphatic heterocycles. The number of hydrogen-bond donors (Lipinski definition) is 0. The van der Waals surface area contributed by atoms with Crippen molar-refractivity contribution >= 4 is 11.8 Å². The van der Waals surface area contributed by atoms with Gasteiger partial charge < -0.3 is 0 Å². The molecule has 1 radical (unpaired) electrons. The summed E-state index contributed by atoms with van der Waals surface area (Å²) < 4.78 is 0. The molecular weight excluding hydrogens is 144 g/mol. The molecule has 0 unspecified atom stereocenters. The lowest BCUT2D eigenvalue weighted by Crippen LogP contribution is -2.36. The van der Waals surface area contributed by atoms with Gasteiger partial charge in [-0.15, -0.1) is 5.43 Å². The van der Waals surface area contributed by atoms with Gasteiger partial charge in [0.05, 0.1) is 0 Å². The molecule has 0 aromatic rings. The van der Waals surface area contributed by atoms with Gasteiger partial charge in [0.2, 0.25) is 5.91 Å². The number of carbonyl (C=O) groups excluding carboxylic acids is 2. The lowest BCUT2D eigenvalue weighted by molar-refractivity contribution is -0.139. The van der Waals surface area contributed by atoms with Crippen LogP contribution in [0.5, 0.6) is 0 Å². The second-order valence-electron chi connectivity index (χ2n) is 2.29. The highest BCUT2D eigenvalue weighted by Gasteiger charge is 2.09. The Morgan fingerprint density at radius 2 is 2.00 bits per heavy atom. The molecule has 0 atom stereocenters. The van der Waals surface area contributed by atoms with Crippen LogP contribution in [0.15, 0.2) is 0 Å². The van der Waals surface area contributed by atoms with Crippen molar-refractivity contribution in [2.75, 3.05) is 7.05 Å². The molecule has 0 fully saturated rings. The molecule has 0 aliphatic carbocycles. The number of hydrogen-bond acceptors (Lipinski definition) is 2. The molecule has 4 nitrogen and oxygen atoms in total. The summed E-state index contributed by atoms with van der Waals surface area (Å²) >= 11 is 0. The molecule has 11 heavy (non-hydrogen) atoms. The molecule has 4 heteroatoms. The zero-order valence-electron chi connectivity index (χ0n) is 7.13. The number of nitrogens with zero attached hydrogens (tertiary/aromatic N) is 2. The lowest BCUT2D eigenvalue weighted by atomic mass is 10.3. The van der Waals surface area contributed by atoms with E-state index in [1.807, 2.05) is 6.92 Å². The molecule has 0 saturated heterocycles. The van der Waals surface area contributed by atoms with Crippen LogP contribution in [0.2, 0.25) is 0 Å². The third-order valence-electron chi connectivity index (χ3n) is 1.12. The van der Waals surface area contributed by atoms with Gasteiger partial charge in [0.25, 0.3) is 5.91 Å². The summed E-state index contributed by atoms with van der Waals surface area (Å²) in [4.78, 5) is 21.4. The summed E-state index contributed by atoms with van der Waals surface area (Å²) in [5.41, 5.74) is 3.44. The van der Waals surface area contributed by atoms with E-state index in [-0.39, 0.29) is 11.8 Å². The minimum Gasteiger partial charge on any atom is -0.273 e. The molecule has 0 rings (SSSR count). The minimum atomic E-state index is -0.350. The second kappa shape index (κ2) is 4.71. The van der Waals surface area contributed by atoms with Crippen LogP contribution in [-0.4, -0.2) is 23.9 Å². The Labute approximate surface area is 66.5 Å². The van der Waals surface area contributed by atoms with Crippen molar-refractivity contribution in [1.82, 2.24) is 10.4 Å².